The molecule has 1 aliphatic carbocycles. The van der Waals surface area contributed by atoms with E-state index in [1.165, 1.54) is 12.3 Å². The molecule has 0 aliphatic heterocycles. The van der Waals surface area contributed by atoms with Crippen LogP contribution in [0.2, 0.25) is 0 Å². The predicted molar refractivity (Wildman–Crippen MR) is 85.6 cm³/mol. The van der Waals surface area contributed by atoms with E-state index in [-0.39, 0.29) is 24.3 Å². The van der Waals surface area contributed by atoms with E-state index >= 15 is 0 Å². The summed E-state index contributed by atoms with van der Waals surface area (Å²) in [5.74, 6) is 0.0353. The van der Waals surface area contributed by atoms with Crippen molar-refractivity contribution < 1.29 is 23.5 Å². The lowest BCUT2D eigenvalue weighted by atomic mass is 10.2. The standard InChI is InChI=1S/C18H19NO5/c1-22-15-8-4-13(5-9-15)11-19(14-6-7-14)17(20)12-24-18(21)16-3-2-10-23-16/h2-5,8-10,14H,6-7,11-12H2,1H3. The highest BCUT2D eigenvalue weighted by Gasteiger charge is 2.33. The largest absolute Gasteiger partial charge is 0.497 e. The third-order valence-electron chi connectivity index (χ3n) is 3.87. The topological polar surface area (TPSA) is 69.0 Å². The van der Waals surface area contributed by atoms with E-state index in [4.69, 9.17) is 13.9 Å². The first-order chi connectivity index (χ1) is 11.7. The van der Waals surface area contributed by atoms with Gasteiger partial charge in [-0.25, -0.2) is 4.79 Å². The Bertz CT molecular complexity index is 689. The molecule has 3 rings (SSSR count). The fourth-order valence-corrected chi connectivity index (χ4v) is 2.41. The van der Waals surface area contributed by atoms with Gasteiger partial charge in [-0.1, -0.05) is 12.1 Å². The highest BCUT2D eigenvalue weighted by Crippen LogP contribution is 2.29. The van der Waals surface area contributed by atoms with E-state index in [0.717, 1.165) is 24.2 Å². The maximum Gasteiger partial charge on any atom is 0.374 e. The molecule has 6 nitrogen and oxygen atoms in total. The molecule has 0 bridgehead atoms. The number of furan rings is 1. The molecule has 1 aromatic heterocycles. The van der Waals surface area contributed by atoms with Crippen LogP contribution >= 0.6 is 0 Å². The Morgan fingerprint density at radius 1 is 1.21 bits per heavy atom. The van der Waals surface area contributed by atoms with Crippen LogP contribution in [-0.4, -0.2) is 36.5 Å². The Labute approximate surface area is 140 Å². The van der Waals surface area contributed by atoms with Gasteiger partial charge in [0.25, 0.3) is 5.91 Å². The Hall–Kier alpha value is -2.76. The zero-order valence-corrected chi connectivity index (χ0v) is 13.4. The maximum atomic E-state index is 12.4. The molecule has 1 aromatic carbocycles. The fourth-order valence-electron chi connectivity index (χ4n) is 2.41. The second kappa shape index (κ2) is 7.21. The molecular formula is C18H19NO5. The van der Waals surface area contributed by atoms with Crippen LogP contribution in [0.4, 0.5) is 0 Å². The van der Waals surface area contributed by atoms with Crippen molar-refractivity contribution in [1.29, 1.82) is 0 Å². The summed E-state index contributed by atoms with van der Waals surface area (Å²) in [6, 6.07) is 10.9. The summed E-state index contributed by atoms with van der Waals surface area (Å²) in [6.45, 7) is 0.206. The van der Waals surface area contributed by atoms with Gasteiger partial charge in [-0.3, -0.25) is 4.79 Å². The first-order valence-corrected chi connectivity index (χ1v) is 7.80. The second-order valence-electron chi connectivity index (χ2n) is 5.65. The van der Waals surface area contributed by atoms with Gasteiger partial charge in [0.15, 0.2) is 6.61 Å². The summed E-state index contributed by atoms with van der Waals surface area (Å²) < 4.78 is 15.1. The number of amides is 1. The molecule has 1 fully saturated rings. The Kier molecular flexibility index (Phi) is 4.84. The van der Waals surface area contributed by atoms with Crippen molar-refractivity contribution in [2.75, 3.05) is 13.7 Å². The van der Waals surface area contributed by atoms with Crippen LogP contribution in [0.5, 0.6) is 5.75 Å². The quantitative estimate of drug-likeness (QED) is 0.731. The van der Waals surface area contributed by atoms with E-state index < -0.39 is 5.97 Å². The van der Waals surface area contributed by atoms with Crippen molar-refractivity contribution in [2.45, 2.75) is 25.4 Å². The average molecular weight is 329 g/mol. The van der Waals surface area contributed by atoms with Gasteiger partial charge in [0.05, 0.1) is 13.4 Å². The van der Waals surface area contributed by atoms with Crippen LogP contribution < -0.4 is 4.74 Å². The number of carbonyl (C=O) groups excluding carboxylic acids is 2. The van der Waals surface area contributed by atoms with Gasteiger partial charge in [0.2, 0.25) is 5.76 Å². The van der Waals surface area contributed by atoms with Gasteiger partial charge in [-0.2, -0.15) is 0 Å². The van der Waals surface area contributed by atoms with Crippen molar-refractivity contribution in [3.63, 3.8) is 0 Å². The van der Waals surface area contributed by atoms with Crippen molar-refractivity contribution in [2.24, 2.45) is 0 Å². The number of hydrogen-bond donors (Lipinski definition) is 0. The second-order valence-corrected chi connectivity index (χ2v) is 5.65. The van der Waals surface area contributed by atoms with Crippen molar-refractivity contribution in [3.8, 4) is 5.75 Å². The number of nitrogens with zero attached hydrogens (tertiary/aromatic N) is 1. The molecule has 0 spiro atoms. The smallest absolute Gasteiger partial charge is 0.374 e. The first kappa shape index (κ1) is 16.1. The number of hydrogen-bond acceptors (Lipinski definition) is 5. The average Bonchev–Trinajstić information content (AvgIpc) is 3.30. The molecule has 1 aliphatic rings. The van der Waals surface area contributed by atoms with Crippen molar-refractivity contribution in [1.82, 2.24) is 4.90 Å². The number of methoxy groups -OCH3 is 1. The summed E-state index contributed by atoms with van der Waals surface area (Å²) in [7, 11) is 1.61. The summed E-state index contributed by atoms with van der Waals surface area (Å²) in [5, 5.41) is 0. The molecule has 0 saturated heterocycles. The third-order valence-corrected chi connectivity index (χ3v) is 3.87. The minimum Gasteiger partial charge on any atom is -0.497 e. The molecule has 6 heteroatoms. The predicted octanol–water partition coefficient (Wildman–Crippen LogP) is 2.64. The molecule has 0 unspecified atom stereocenters. The molecule has 1 saturated carbocycles. The molecule has 1 heterocycles. The highest BCUT2D eigenvalue weighted by atomic mass is 16.5. The van der Waals surface area contributed by atoms with Gasteiger partial charge in [0.1, 0.15) is 5.75 Å². The lowest BCUT2D eigenvalue weighted by Gasteiger charge is -2.22. The fraction of sp³-hybridized carbons (Fsp3) is 0.333. The number of rotatable bonds is 7. The van der Waals surface area contributed by atoms with Crippen molar-refractivity contribution in [3.05, 3.63) is 54.0 Å². The molecule has 24 heavy (non-hydrogen) atoms. The molecule has 0 N–H and O–H groups in total. The Morgan fingerprint density at radius 2 is 1.96 bits per heavy atom. The van der Waals surface area contributed by atoms with E-state index in [1.807, 2.05) is 24.3 Å². The van der Waals surface area contributed by atoms with Gasteiger partial charge in [0, 0.05) is 12.6 Å². The van der Waals surface area contributed by atoms with Gasteiger partial charge < -0.3 is 18.8 Å². The third kappa shape index (κ3) is 3.95. The Balaban J connectivity index is 1.58. The van der Waals surface area contributed by atoms with Gasteiger partial charge in [-0.15, -0.1) is 0 Å². The Morgan fingerprint density at radius 3 is 2.54 bits per heavy atom. The molecule has 0 radical (unpaired) electrons. The van der Waals surface area contributed by atoms with Crippen LogP contribution in [-0.2, 0) is 16.1 Å². The number of esters is 1. The summed E-state index contributed by atoms with van der Waals surface area (Å²) >= 11 is 0. The molecule has 1 amide bonds. The first-order valence-electron chi connectivity index (χ1n) is 7.80. The molecular weight excluding hydrogens is 310 g/mol. The molecule has 2 aromatic rings. The van der Waals surface area contributed by atoms with Crippen LogP contribution in [0.1, 0.15) is 29.0 Å². The number of ether oxygens (including phenoxy) is 2. The maximum absolute atomic E-state index is 12.4. The summed E-state index contributed by atoms with van der Waals surface area (Å²) in [6.07, 6.45) is 3.35. The molecule has 0 atom stereocenters. The zero-order valence-electron chi connectivity index (χ0n) is 13.4. The number of carbonyl (C=O) groups is 2. The van der Waals surface area contributed by atoms with E-state index in [9.17, 15) is 9.59 Å². The van der Waals surface area contributed by atoms with Crippen LogP contribution in [0, 0.1) is 0 Å². The van der Waals surface area contributed by atoms with Crippen LogP contribution in [0.15, 0.2) is 47.1 Å². The van der Waals surface area contributed by atoms with Gasteiger partial charge in [-0.05, 0) is 42.7 Å². The minimum atomic E-state index is -0.631. The zero-order chi connectivity index (χ0) is 16.9. The lowest BCUT2D eigenvalue weighted by molar-refractivity contribution is -0.135. The summed E-state index contributed by atoms with van der Waals surface area (Å²) in [4.78, 5) is 25.9. The normalized spacial score (nSPS) is 13.4. The molecule has 126 valence electrons. The van der Waals surface area contributed by atoms with Crippen LogP contribution in [0.25, 0.3) is 0 Å². The van der Waals surface area contributed by atoms with E-state index in [2.05, 4.69) is 0 Å². The monoisotopic (exact) mass is 329 g/mol. The summed E-state index contributed by atoms with van der Waals surface area (Å²) in [5.41, 5.74) is 1.01. The van der Waals surface area contributed by atoms with Gasteiger partial charge >= 0.3 is 5.97 Å². The lowest BCUT2D eigenvalue weighted by Crippen LogP contribution is -2.36. The van der Waals surface area contributed by atoms with E-state index in [0.29, 0.717) is 6.54 Å². The SMILES string of the molecule is COc1ccc(CN(C(=O)COC(=O)c2ccco2)C2CC2)cc1. The van der Waals surface area contributed by atoms with Crippen LogP contribution in [0.3, 0.4) is 0 Å². The van der Waals surface area contributed by atoms with Crippen molar-refractivity contribution >= 4 is 11.9 Å². The minimum absolute atomic E-state index is 0.0935. The number of benzene rings is 1. The highest BCUT2D eigenvalue weighted by molar-refractivity contribution is 5.88. The van der Waals surface area contributed by atoms with E-state index in [1.54, 1.807) is 18.1 Å².